The van der Waals surface area contributed by atoms with Gasteiger partial charge in [-0.1, -0.05) is 15.7 Å². The summed E-state index contributed by atoms with van der Waals surface area (Å²) in [7, 11) is 0. The van der Waals surface area contributed by atoms with E-state index in [0.717, 1.165) is 0 Å². The number of aliphatic carboxylic acids is 3. The van der Waals surface area contributed by atoms with E-state index in [1.807, 2.05) is 0 Å². The van der Waals surface area contributed by atoms with Gasteiger partial charge in [0.2, 0.25) is 0 Å². The van der Waals surface area contributed by atoms with E-state index in [4.69, 9.17) is 31.2 Å². The van der Waals surface area contributed by atoms with Gasteiger partial charge < -0.3 is 29.7 Å². The van der Waals surface area contributed by atoms with Crippen molar-refractivity contribution >= 4 is 35.3 Å². The zero-order valence-corrected chi connectivity index (χ0v) is 11.8. The first-order chi connectivity index (χ1) is 9.38. The molecule has 0 aromatic carbocycles. The predicted molar refractivity (Wildman–Crippen MR) is 51.6 cm³/mol. The van der Waals surface area contributed by atoms with Crippen molar-refractivity contribution < 1.29 is 60.9 Å². The van der Waals surface area contributed by atoms with Crippen LogP contribution in [0.3, 0.4) is 0 Å². The molecule has 16 heteroatoms. The molecule has 0 bridgehead atoms. The summed E-state index contributed by atoms with van der Waals surface area (Å²) in [5.74, 6) is -4.61. The maximum atomic E-state index is 9.34. The van der Waals surface area contributed by atoms with E-state index in [9.17, 15) is 29.7 Å². The van der Waals surface area contributed by atoms with Crippen LogP contribution in [0.2, 0.25) is 0 Å². The number of hydroxylamine groups is 6. The summed E-state index contributed by atoms with van der Waals surface area (Å²) < 4.78 is 0. The van der Waals surface area contributed by atoms with Crippen LogP contribution in [0, 0.1) is 0 Å². The quantitative estimate of drug-likeness (QED) is 0.193. The molecule has 0 radical (unpaired) electrons. The molecule has 0 atom stereocenters. The van der Waals surface area contributed by atoms with Gasteiger partial charge in [-0.2, -0.15) is 0 Å². The second-order valence-electron chi connectivity index (χ2n) is 2.71. The number of carboxylic acid groups (broad SMARTS) is 3. The van der Waals surface area contributed by atoms with Gasteiger partial charge in [0.1, 0.15) is 0 Å². The molecule has 126 valence electrons. The number of carbonyl (C=O) groups excluding carboxylic acids is 3. The van der Waals surface area contributed by atoms with Crippen LogP contribution in [0.4, 0.5) is 0 Å². The van der Waals surface area contributed by atoms with Crippen LogP contribution in [0.25, 0.3) is 0 Å². The summed E-state index contributed by atoms with van der Waals surface area (Å²) in [6, 6.07) is 0. The molecule has 15 nitrogen and oxygen atoms in total. The maximum Gasteiger partial charge on any atom is 3.00 e. The fourth-order valence-corrected chi connectivity index (χ4v) is 0.346. The van der Waals surface area contributed by atoms with Crippen molar-refractivity contribution in [3.8, 4) is 0 Å². The summed E-state index contributed by atoms with van der Waals surface area (Å²) in [5, 5.41) is 72.8. The molecule has 0 aliphatic rings. The Morgan fingerprint density at radius 3 is 0.727 bits per heavy atom. The van der Waals surface area contributed by atoms with Crippen LogP contribution < -0.4 is 15.3 Å². The van der Waals surface area contributed by atoms with Crippen LogP contribution in [0.5, 0.6) is 0 Å². The second-order valence-corrected chi connectivity index (χ2v) is 2.71. The molecule has 0 aliphatic carbocycles. The molecule has 22 heavy (non-hydrogen) atoms. The Morgan fingerprint density at radius 1 is 0.591 bits per heavy atom. The Labute approximate surface area is 132 Å². The Hall–Kier alpha value is -1.42. The third kappa shape index (κ3) is 51.3. The van der Waals surface area contributed by atoms with Crippen LogP contribution in [-0.2, 0) is 14.4 Å². The van der Waals surface area contributed by atoms with Crippen LogP contribution in [0.15, 0.2) is 0 Å². The first-order valence-corrected chi connectivity index (χ1v) is 4.43. The van der Waals surface area contributed by atoms with Gasteiger partial charge in [-0.15, -0.1) is 0 Å². The van der Waals surface area contributed by atoms with E-state index in [0.29, 0.717) is 0 Å². The SMILES string of the molecule is O=C([O-])CN(O)O.O=C([O-])CN(O)O.O=C([O-])CN(O)O.[Al+3]. The van der Waals surface area contributed by atoms with Crippen molar-refractivity contribution in [1.82, 2.24) is 15.7 Å². The normalized spacial score (nSPS) is 9.14. The number of nitrogens with zero attached hydrogens (tertiary/aromatic N) is 3. The molecule has 0 unspecified atom stereocenters. The molecule has 0 rings (SSSR count). The summed E-state index contributed by atoms with van der Waals surface area (Å²) in [6.45, 7) is -2.67. The monoisotopic (exact) mass is 345 g/mol. The Bertz CT molecular complexity index is 264. The Balaban J connectivity index is -0.000000108. The zero-order chi connectivity index (χ0) is 17.6. The van der Waals surface area contributed by atoms with Gasteiger partial charge in [-0.25, -0.2) is 0 Å². The first kappa shape index (κ1) is 28.7. The number of carbonyl (C=O) groups is 3. The van der Waals surface area contributed by atoms with Gasteiger partial charge in [0.15, 0.2) is 0 Å². The van der Waals surface area contributed by atoms with Gasteiger partial charge in [-0.05, 0) is 0 Å². The van der Waals surface area contributed by atoms with Crippen molar-refractivity contribution in [2.75, 3.05) is 19.6 Å². The molecule has 0 aromatic rings. The van der Waals surface area contributed by atoms with E-state index in [1.54, 1.807) is 0 Å². The van der Waals surface area contributed by atoms with Gasteiger partial charge in [-0.3, -0.25) is 31.2 Å². The standard InChI is InChI=1S/3C2H5NO4.Al/c3*4-2(5)1-3(6)7;/h3*6-7H,1H2,(H,4,5);/q;;;+3/p-3. The average molecular weight is 345 g/mol. The van der Waals surface area contributed by atoms with E-state index < -0.39 is 53.2 Å². The number of hydrogen-bond donors (Lipinski definition) is 6. The summed E-state index contributed by atoms with van der Waals surface area (Å²) >= 11 is 0. The third-order valence-corrected chi connectivity index (χ3v) is 0.812. The molecule has 0 fully saturated rings. The van der Waals surface area contributed by atoms with Gasteiger partial charge in [0.05, 0.1) is 37.5 Å². The van der Waals surface area contributed by atoms with Gasteiger partial charge >= 0.3 is 17.4 Å². The Kier molecular flexibility index (Phi) is 23.0. The van der Waals surface area contributed by atoms with Crippen molar-refractivity contribution in [3.05, 3.63) is 0 Å². The van der Waals surface area contributed by atoms with Crippen molar-refractivity contribution in [3.63, 3.8) is 0 Å². The fraction of sp³-hybridized carbons (Fsp3) is 0.500. The smallest absolute Gasteiger partial charge is 0.549 e. The van der Waals surface area contributed by atoms with E-state index in [1.165, 1.54) is 0 Å². The molecule has 0 aliphatic heterocycles. The largest absolute Gasteiger partial charge is 3.00 e. The zero-order valence-electron chi connectivity index (χ0n) is 10.7. The molecule has 0 amide bonds. The van der Waals surface area contributed by atoms with Crippen LogP contribution >= 0.6 is 0 Å². The van der Waals surface area contributed by atoms with Gasteiger partial charge in [0.25, 0.3) is 0 Å². The molecular weight excluding hydrogens is 333 g/mol. The molecule has 0 spiro atoms. The summed E-state index contributed by atoms with van der Waals surface area (Å²) in [4.78, 5) is 28.0. The first-order valence-electron chi connectivity index (χ1n) is 4.43. The Morgan fingerprint density at radius 2 is 0.727 bits per heavy atom. The third-order valence-electron chi connectivity index (χ3n) is 0.812. The molecule has 6 N–H and O–H groups in total. The minimum atomic E-state index is -1.54. The van der Waals surface area contributed by atoms with Crippen molar-refractivity contribution in [2.45, 2.75) is 0 Å². The number of carboxylic acids is 3. The number of rotatable bonds is 6. The van der Waals surface area contributed by atoms with E-state index >= 15 is 0 Å². The summed E-state index contributed by atoms with van der Waals surface area (Å²) in [5.41, 5.74) is 0. The second kappa shape index (κ2) is 17.6. The summed E-state index contributed by atoms with van der Waals surface area (Å²) in [6.07, 6.45) is 0. The molecule has 0 saturated heterocycles. The minimum absolute atomic E-state index is 0. The van der Waals surface area contributed by atoms with Gasteiger partial charge in [0, 0.05) is 0 Å². The molecule has 0 aromatic heterocycles. The van der Waals surface area contributed by atoms with E-state index in [-0.39, 0.29) is 17.4 Å². The molecular formula is C6H12AlN3O12. The van der Waals surface area contributed by atoms with E-state index in [2.05, 4.69) is 0 Å². The fourth-order valence-electron chi connectivity index (χ4n) is 0.346. The minimum Gasteiger partial charge on any atom is -0.549 e. The molecule has 0 heterocycles. The topological polar surface area (TPSA) is 251 Å². The average Bonchev–Trinajstić information content (AvgIpc) is 2.10. The predicted octanol–water partition coefficient (Wildman–Crippen LogP) is -6.93. The number of hydrogen-bond acceptors (Lipinski definition) is 15. The maximum absolute atomic E-state index is 9.34. The van der Waals surface area contributed by atoms with Crippen molar-refractivity contribution in [2.24, 2.45) is 0 Å². The van der Waals surface area contributed by atoms with Crippen molar-refractivity contribution in [1.29, 1.82) is 0 Å². The molecule has 0 saturated carbocycles. The van der Waals surface area contributed by atoms with Crippen LogP contribution in [0.1, 0.15) is 0 Å². The van der Waals surface area contributed by atoms with Crippen LogP contribution in [-0.4, -0.2) is 102 Å².